The van der Waals surface area contributed by atoms with Gasteiger partial charge < -0.3 is 10.4 Å². The normalized spacial score (nSPS) is 10.4. The van der Waals surface area contributed by atoms with Gasteiger partial charge in [-0.1, -0.05) is 35.3 Å². The average Bonchev–Trinajstić information content (AvgIpc) is 2.35. The first-order valence-electron chi connectivity index (χ1n) is 5.23. The van der Waals surface area contributed by atoms with E-state index < -0.39 is 0 Å². The zero-order chi connectivity index (χ0) is 13.1. The van der Waals surface area contributed by atoms with Gasteiger partial charge in [-0.15, -0.1) is 0 Å². The Kier molecular flexibility index (Phi) is 3.94. The number of phenols is 1. The maximum Gasteiger partial charge on any atom is 0.139 e. The van der Waals surface area contributed by atoms with Gasteiger partial charge in [-0.2, -0.15) is 0 Å². The van der Waals surface area contributed by atoms with Gasteiger partial charge in [-0.25, -0.2) is 4.39 Å². The molecule has 0 spiro atoms. The first kappa shape index (κ1) is 13.0. The summed E-state index contributed by atoms with van der Waals surface area (Å²) in [5.74, 6) is -0.364. The Balaban J connectivity index is 2.16. The van der Waals surface area contributed by atoms with E-state index in [4.69, 9.17) is 23.2 Å². The maximum absolute atomic E-state index is 13.0. The molecular weight excluding hydrogens is 276 g/mol. The molecule has 0 aliphatic rings. The SMILES string of the molecule is Oc1c(Cl)cccc1CNc1cc(F)ccc1Cl. The van der Waals surface area contributed by atoms with Crippen molar-refractivity contribution in [1.82, 2.24) is 0 Å². The molecule has 0 aliphatic carbocycles. The Morgan fingerprint density at radius 2 is 1.89 bits per heavy atom. The summed E-state index contributed by atoms with van der Waals surface area (Å²) in [7, 11) is 0. The predicted octanol–water partition coefficient (Wildman–Crippen LogP) is 4.45. The van der Waals surface area contributed by atoms with Gasteiger partial charge in [0.25, 0.3) is 0 Å². The molecule has 0 amide bonds. The summed E-state index contributed by atoms with van der Waals surface area (Å²) in [6.45, 7) is 0.301. The number of rotatable bonds is 3. The van der Waals surface area contributed by atoms with E-state index in [-0.39, 0.29) is 16.6 Å². The van der Waals surface area contributed by atoms with Crippen LogP contribution in [0.25, 0.3) is 0 Å². The first-order valence-corrected chi connectivity index (χ1v) is 5.99. The minimum absolute atomic E-state index is 0.0131. The fraction of sp³-hybridized carbons (Fsp3) is 0.0769. The highest BCUT2D eigenvalue weighted by molar-refractivity contribution is 6.33. The summed E-state index contributed by atoms with van der Waals surface area (Å²) in [4.78, 5) is 0. The number of hydrogen-bond donors (Lipinski definition) is 2. The van der Waals surface area contributed by atoms with Crippen molar-refractivity contribution in [3.8, 4) is 5.75 Å². The van der Waals surface area contributed by atoms with Crippen molar-refractivity contribution in [3.63, 3.8) is 0 Å². The minimum Gasteiger partial charge on any atom is -0.506 e. The van der Waals surface area contributed by atoms with E-state index >= 15 is 0 Å². The number of nitrogens with one attached hydrogen (secondary N) is 1. The molecule has 18 heavy (non-hydrogen) atoms. The van der Waals surface area contributed by atoms with Crippen molar-refractivity contribution in [2.75, 3.05) is 5.32 Å². The Morgan fingerprint density at radius 3 is 2.67 bits per heavy atom. The highest BCUT2D eigenvalue weighted by atomic mass is 35.5. The van der Waals surface area contributed by atoms with Crippen LogP contribution in [0, 0.1) is 5.82 Å². The summed E-state index contributed by atoms with van der Waals surface area (Å²) in [6, 6.07) is 9.09. The molecule has 0 aliphatic heterocycles. The minimum atomic E-state index is -0.378. The number of benzene rings is 2. The zero-order valence-electron chi connectivity index (χ0n) is 9.25. The molecule has 0 saturated heterocycles. The topological polar surface area (TPSA) is 32.3 Å². The van der Waals surface area contributed by atoms with Crippen molar-refractivity contribution < 1.29 is 9.50 Å². The lowest BCUT2D eigenvalue weighted by Gasteiger charge is -2.10. The largest absolute Gasteiger partial charge is 0.506 e. The molecule has 0 aromatic heterocycles. The Morgan fingerprint density at radius 1 is 1.11 bits per heavy atom. The van der Waals surface area contributed by atoms with Crippen LogP contribution in [0.15, 0.2) is 36.4 Å². The van der Waals surface area contributed by atoms with Crippen LogP contribution in [0.3, 0.4) is 0 Å². The Hall–Kier alpha value is -1.45. The highest BCUT2D eigenvalue weighted by Gasteiger charge is 2.06. The fourth-order valence-electron chi connectivity index (χ4n) is 1.53. The molecule has 0 unspecified atom stereocenters. The van der Waals surface area contributed by atoms with Gasteiger partial charge in [0.05, 0.1) is 15.7 Å². The second-order valence-electron chi connectivity index (χ2n) is 3.73. The molecule has 2 nitrogen and oxygen atoms in total. The summed E-state index contributed by atoms with van der Waals surface area (Å²) < 4.78 is 13.0. The predicted molar refractivity (Wildman–Crippen MR) is 71.9 cm³/mol. The molecule has 0 radical (unpaired) electrons. The number of anilines is 1. The van der Waals surface area contributed by atoms with Crippen LogP contribution in [0.5, 0.6) is 5.75 Å². The number of phenolic OH excluding ortho intramolecular Hbond substituents is 1. The lowest BCUT2D eigenvalue weighted by Crippen LogP contribution is -2.00. The van der Waals surface area contributed by atoms with Crippen molar-refractivity contribution in [2.45, 2.75) is 6.54 Å². The van der Waals surface area contributed by atoms with E-state index in [1.165, 1.54) is 18.2 Å². The van der Waals surface area contributed by atoms with Gasteiger partial charge in [0.1, 0.15) is 11.6 Å². The smallest absolute Gasteiger partial charge is 0.139 e. The molecule has 0 heterocycles. The van der Waals surface area contributed by atoms with Gasteiger partial charge in [-0.3, -0.25) is 0 Å². The lowest BCUT2D eigenvalue weighted by molar-refractivity contribution is 0.469. The van der Waals surface area contributed by atoms with Crippen LogP contribution in [0.4, 0.5) is 10.1 Å². The van der Waals surface area contributed by atoms with E-state index in [9.17, 15) is 9.50 Å². The summed E-state index contributed by atoms with van der Waals surface area (Å²) in [5, 5.41) is 13.4. The standard InChI is InChI=1S/C13H10Cl2FNO/c14-10-5-4-9(16)6-12(10)17-7-8-2-1-3-11(15)13(8)18/h1-6,17-18H,7H2. The summed E-state index contributed by atoms with van der Waals surface area (Å²) >= 11 is 11.7. The van der Waals surface area contributed by atoms with Crippen LogP contribution >= 0.6 is 23.2 Å². The van der Waals surface area contributed by atoms with Crippen molar-refractivity contribution in [2.24, 2.45) is 0 Å². The summed E-state index contributed by atoms with van der Waals surface area (Å²) in [5.41, 5.74) is 1.08. The highest BCUT2D eigenvalue weighted by Crippen LogP contribution is 2.29. The van der Waals surface area contributed by atoms with E-state index in [1.807, 2.05) is 0 Å². The van der Waals surface area contributed by atoms with Gasteiger partial charge in [0.2, 0.25) is 0 Å². The van der Waals surface area contributed by atoms with Crippen LogP contribution in [0.2, 0.25) is 10.0 Å². The molecule has 5 heteroatoms. The van der Waals surface area contributed by atoms with Crippen molar-refractivity contribution >= 4 is 28.9 Å². The lowest BCUT2D eigenvalue weighted by atomic mass is 10.2. The first-order chi connectivity index (χ1) is 8.58. The third-order valence-electron chi connectivity index (χ3n) is 2.47. The Labute approximate surface area is 114 Å². The molecule has 2 rings (SSSR count). The molecule has 0 saturated carbocycles. The number of halogens is 3. The zero-order valence-corrected chi connectivity index (χ0v) is 10.8. The molecule has 2 aromatic rings. The molecule has 94 valence electrons. The molecule has 0 atom stereocenters. The van der Waals surface area contributed by atoms with E-state index in [2.05, 4.69) is 5.32 Å². The number of hydrogen-bond acceptors (Lipinski definition) is 2. The van der Waals surface area contributed by atoms with Crippen molar-refractivity contribution in [1.29, 1.82) is 0 Å². The van der Waals surface area contributed by atoms with Crippen LogP contribution in [-0.4, -0.2) is 5.11 Å². The van der Waals surface area contributed by atoms with E-state index in [0.717, 1.165) is 0 Å². The van der Waals surface area contributed by atoms with Crippen LogP contribution in [0.1, 0.15) is 5.56 Å². The van der Waals surface area contributed by atoms with Crippen LogP contribution < -0.4 is 5.32 Å². The van der Waals surface area contributed by atoms with Gasteiger partial charge in [-0.05, 0) is 24.3 Å². The second-order valence-corrected chi connectivity index (χ2v) is 4.54. The Bertz CT molecular complexity index is 573. The van der Waals surface area contributed by atoms with E-state index in [1.54, 1.807) is 18.2 Å². The van der Waals surface area contributed by atoms with E-state index in [0.29, 0.717) is 22.8 Å². The molecule has 0 bridgehead atoms. The fourth-order valence-corrected chi connectivity index (χ4v) is 1.90. The second kappa shape index (κ2) is 5.46. The van der Waals surface area contributed by atoms with Gasteiger partial charge in [0, 0.05) is 12.1 Å². The monoisotopic (exact) mass is 285 g/mol. The summed E-state index contributed by atoms with van der Waals surface area (Å²) in [6.07, 6.45) is 0. The van der Waals surface area contributed by atoms with Crippen molar-refractivity contribution in [3.05, 3.63) is 57.8 Å². The number of aromatic hydroxyl groups is 1. The quantitative estimate of drug-likeness (QED) is 0.873. The number of para-hydroxylation sites is 1. The molecule has 2 N–H and O–H groups in total. The average molecular weight is 286 g/mol. The van der Waals surface area contributed by atoms with Crippen LogP contribution in [-0.2, 0) is 6.54 Å². The van der Waals surface area contributed by atoms with Gasteiger partial charge in [0.15, 0.2) is 0 Å². The molecule has 0 fully saturated rings. The maximum atomic E-state index is 13.0. The van der Waals surface area contributed by atoms with Gasteiger partial charge >= 0.3 is 0 Å². The third kappa shape index (κ3) is 2.86. The molecule has 2 aromatic carbocycles. The third-order valence-corrected chi connectivity index (χ3v) is 3.10. The molecular formula is C13H10Cl2FNO.